The zero-order chi connectivity index (χ0) is 15.2. The summed E-state index contributed by atoms with van der Waals surface area (Å²) in [6.45, 7) is 10.3. The normalized spacial score (nSPS) is 11.1. The molecule has 2 aromatic heterocycles. The number of aryl methyl sites for hydroxylation is 1. The van der Waals surface area contributed by atoms with Gasteiger partial charge in [0.05, 0.1) is 5.69 Å². The summed E-state index contributed by atoms with van der Waals surface area (Å²) in [5.41, 5.74) is 1.02. The van der Waals surface area contributed by atoms with Crippen LogP contribution >= 0.6 is 0 Å². The molecule has 2 rings (SSSR count). The van der Waals surface area contributed by atoms with E-state index in [9.17, 15) is 0 Å². The second kappa shape index (κ2) is 7.20. The van der Waals surface area contributed by atoms with E-state index in [1.807, 2.05) is 18.5 Å². The number of hydrogen-bond donors (Lipinski definition) is 1. The molecular formula is C16H25N5. The molecule has 2 heterocycles. The summed E-state index contributed by atoms with van der Waals surface area (Å²) in [5, 5.41) is 3.28. The van der Waals surface area contributed by atoms with Gasteiger partial charge in [0.15, 0.2) is 0 Å². The molecule has 0 bridgehead atoms. The summed E-state index contributed by atoms with van der Waals surface area (Å²) in [6, 6.07) is 2.03. The molecule has 0 radical (unpaired) electrons. The summed E-state index contributed by atoms with van der Waals surface area (Å²) in [7, 11) is 0. The number of imidazole rings is 1. The fourth-order valence-electron chi connectivity index (χ4n) is 2.25. The van der Waals surface area contributed by atoms with Crippen LogP contribution in [0.1, 0.15) is 57.4 Å². The molecule has 0 saturated heterocycles. The Hall–Kier alpha value is -1.91. The third-order valence-electron chi connectivity index (χ3n) is 3.28. The first-order valence-electron chi connectivity index (χ1n) is 7.75. The molecule has 0 unspecified atom stereocenters. The molecule has 0 amide bonds. The maximum atomic E-state index is 4.69. The van der Waals surface area contributed by atoms with Crippen molar-refractivity contribution in [2.24, 2.45) is 0 Å². The fraction of sp³-hybridized carbons (Fsp3) is 0.562. The summed E-state index contributed by atoms with van der Waals surface area (Å²) >= 11 is 0. The molecule has 21 heavy (non-hydrogen) atoms. The van der Waals surface area contributed by atoms with Crippen LogP contribution in [0.4, 0.5) is 5.82 Å². The van der Waals surface area contributed by atoms with Gasteiger partial charge in [-0.2, -0.15) is 0 Å². The van der Waals surface area contributed by atoms with E-state index < -0.39 is 0 Å². The lowest BCUT2D eigenvalue weighted by molar-refractivity contribution is 0.643. The zero-order valence-corrected chi connectivity index (χ0v) is 13.4. The number of nitrogens with zero attached hydrogens (tertiary/aromatic N) is 4. The van der Waals surface area contributed by atoms with E-state index in [-0.39, 0.29) is 0 Å². The van der Waals surface area contributed by atoms with Gasteiger partial charge in [0.2, 0.25) is 0 Å². The van der Waals surface area contributed by atoms with Gasteiger partial charge in [-0.25, -0.2) is 15.0 Å². The Kier molecular flexibility index (Phi) is 5.31. The SMILES string of the molecule is CCCn1ccnc1Cc1cc(NCC)nc(C(C)C)n1. The van der Waals surface area contributed by atoms with Gasteiger partial charge in [0, 0.05) is 43.9 Å². The third kappa shape index (κ3) is 4.03. The van der Waals surface area contributed by atoms with Gasteiger partial charge in [-0.05, 0) is 13.3 Å². The number of rotatable bonds is 7. The highest BCUT2D eigenvalue weighted by atomic mass is 15.1. The van der Waals surface area contributed by atoms with Crippen LogP contribution in [0.2, 0.25) is 0 Å². The van der Waals surface area contributed by atoms with Gasteiger partial charge >= 0.3 is 0 Å². The molecule has 0 fully saturated rings. The van der Waals surface area contributed by atoms with Crippen molar-refractivity contribution >= 4 is 5.82 Å². The van der Waals surface area contributed by atoms with Crippen molar-refractivity contribution in [3.63, 3.8) is 0 Å². The van der Waals surface area contributed by atoms with Crippen LogP contribution in [0.3, 0.4) is 0 Å². The molecular weight excluding hydrogens is 262 g/mol. The molecule has 0 spiro atoms. The summed E-state index contributed by atoms with van der Waals surface area (Å²) in [4.78, 5) is 13.7. The van der Waals surface area contributed by atoms with E-state index in [0.29, 0.717) is 5.92 Å². The molecule has 0 aromatic carbocycles. The van der Waals surface area contributed by atoms with E-state index in [4.69, 9.17) is 0 Å². The number of anilines is 1. The van der Waals surface area contributed by atoms with Crippen LogP contribution in [0.5, 0.6) is 0 Å². The maximum Gasteiger partial charge on any atom is 0.133 e. The largest absolute Gasteiger partial charge is 0.370 e. The van der Waals surface area contributed by atoms with Crippen molar-refractivity contribution in [2.75, 3.05) is 11.9 Å². The average molecular weight is 287 g/mol. The quantitative estimate of drug-likeness (QED) is 0.849. The van der Waals surface area contributed by atoms with Crippen LogP contribution in [0, 0.1) is 0 Å². The predicted molar refractivity (Wildman–Crippen MR) is 85.6 cm³/mol. The van der Waals surface area contributed by atoms with Crippen LogP contribution in [0.15, 0.2) is 18.5 Å². The van der Waals surface area contributed by atoms with Gasteiger partial charge in [0.25, 0.3) is 0 Å². The average Bonchev–Trinajstić information content (AvgIpc) is 2.86. The summed E-state index contributed by atoms with van der Waals surface area (Å²) in [5.74, 6) is 3.17. The Morgan fingerprint density at radius 1 is 1.24 bits per heavy atom. The predicted octanol–water partition coefficient (Wildman–Crippen LogP) is 3.23. The van der Waals surface area contributed by atoms with Crippen molar-refractivity contribution in [3.05, 3.63) is 35.8 Å². The highest BCUT2D eigenvalue weighted by molar-refractivity contribution is 5.37. The third-order valence-corrected chi connectivity index (χ3v) is 3.28. The fourth-order valence-corrected chi connectivity index (χ4v) is 2.25. The minimum atomic E-state index is 0.317. The highest BCUT2D eigenvalue weighted by Crippen LogP contribution is 2.16. The molecule has 0 atom stereocenters. The zero-order valence-electron chi connectivity index (χ0n) is 13.4. The maximum absolute atomic E-state index is 4.69. The molecule has 0 saturated carbocycles. The van der Waals surface area contributed by atoms with Crippen molar-refractivity contribution < 1.29 is 0 Å². The van der Waals surface area contributed by atoms with Crippen LogP contribution in [-0.4, -0.2) is 26.1 Å². The van der Waals surface area contributed by atoms with Gasteiger partial charge in [-0.3, -0.25) is 0 Å². The minimum Gasteiger partial charge on any atom is -0.370 e. The molecule has 114 valence electrons. The molecule has 5 heteroatoms. The molecule has 0 aliphatic carbocycles. The van der Waals surface area contributed by atoms with Crippen LogP contribution < -0.4 is 5.32 Å². The Labute approximate surface area is 126 Å². The first-order valence-corrected chi connectivity index (χ1v) is 7.75. The smallest absolute Gasteiger partial charge is 0.133 e. The molecule has 2 aromatic rings. The Morgan fingerprint density at radius 3 is 2.71 bits per heavy atom. The van der Waals surface area contributed by atoms with E-state index in [1.54, 1.807) is 0 Å². The lowest BCUT2D eigenvalue weighted by atomic mass is 10.2. The lowest BCUT2D eigenvalue weighted by Gasteiger charge is -2.11. The molecule has 5 nitrogen and oxygen atoms in total. The minimum absolute atomic E-state index is 0.317. The summed E-state index contributed by atoms with van der Waals surface area (Å²) < 4.78 is 2.20. The van der Waals surface area contributed by atoms with Gasteiger partial charge in [0.1, 0.15) is 17.5 Å². The van der Waals surface area contributed by atoms with Crippen molar-refractivity contribution in [1.82, 2.24) is 19.5 Å². The number of nitrogens with one attached hydrogen (secondary N) is 1. The first kappa shape index (κ1) is 15.5. The Morgan fingerprint density at radius 2 is 2.05 bits per heavy atom. The number of hydrogen-bond acceptors (Lipinski definition) is 4. The van der Waals surface area contributed by atoms with E-state index in [0.717, 1.165) is 49.1 Å². The van der Waals surface area contributed by atoms with E-state index >= 15 is 0 Å². The summed E-state index contributed by atoms with van der Waals surface area (Å²) in [6.07, 6.45) is 5.75. The van der Waals surface area contributed by atoms with Gasteiger partial charge < -0.3 is 9.88 Å². The van der Waals surface area contributed by atoms with E-state index in [1.165, 1.54) is 0 Å². The van der Waals surface area contributed by atoms with E-state index in [2.05, 4.69) is 52.5 Å². The topological polar surface area (TPSA) is 55.6 Å². The van der Waals surface area contributed by atoms with Crippen molar-refractivity contribution in [3.8, 4) is 0 Å². The van der Waals surface area contributed by atoms with Crippen LogP contribution in [0.25, 0.3) is 0 Å². The number of aromatic nitrogens is 4. The Bertz CT molecular complexity index is 574. The molecule has 0 aliphatic heterocycles. The Balaban J connectivity index is 2.27. The molecule has 0 aliphatic rings. The lowest BCUT2D eigenvalue weighted by Crippen LogP contribution is -2.10. The monoisotopic (exact) mass is 287 g/mol. The van der Waals surface area contributed by atoms with Gasteiger partial charge in [-0.1, -0.05) is 20.8 Å². The second-order valence-corrected chi connectivity index (χ2v) is 5.50. The second-order valence-electron chi connectivity index (χ2n) is 5.50. The van der Waals surface area contributed by atoms with Crippen molar-refractivity contribution in [2.45, 2.75) is 53.0 Å². The van der Waals surface area contributed by atoms with Crippen molar-refractivity contribution in [1.29, 1.82) is 0 Å². The molecule has 1 N–H and O–H groups in total. The first-order chi connectivity index (χ1) is 10.1. The van der Waals surface area contributed by atoms with Crippen LogP contribution in [-0.2, 0) is 13.0 Å². The highest BCUT2D eigenvalue weighted by Gasteiger charge is 2.10. The van der Waals surface area contributed by atoms with Gasteiger partial charge in [-0.15, -0.1) is 0 Å². The standard InChI is InChI=1S/C16H25N5/c1-5-8-21-9-7-18-15(21)11-13-10-14(17-6-2)20-16(19-13)12(3)4/h7,9-10,12H,5-6,8,11H2,1-4H3,(H,17,19,20).